The fourth-order valence-corrected chi connectivity index (χ4v) is 5.46. The molecule has 0 saturated carbocycles. The molecule has 0 radical (unpaired) electrons. The second kappa shape index (κ2) is 12.1. The summed E-state index contributed by atoms with van der Waals surface area (Å²) in [5.41, 5.74) is 1.66. The summed E-state index contributed by atoms with van der Waals surface area (Å²) in [7, 11) is 0. The molecule has 0 aromatic carbocycles. The normalized spacial score (nSPS) is 11.0. The molecule has 1 amide bonds. The smallest absolute Gasteiger partial charge is 0.311 e. The largest absolute Gasteiger partial charge is 0.466 e. The first-order valence-corrected chi connectivity index (χ1v) is 13.3. The van der Waals surface area contributed by atoms with E-state index in [1.807, 2.05) is 0 Å². The first-order chi connectivity index (χ1) is 15.5. The highest BCUT2D eigenvalue weighted by molar-refractivity contribution is 7.99. The summed E-state index contributed by atoms with van der Waals surface area (Å²) in [6.45, 7) is 7.16. The quantitative estimate of drug-likeness (QED) is 0.289. The highest BCUT2D eigenvalue weighted by atomic mass is 32.2. The minimum absolute atomic E-state index is 0.0976. The highest BCUT2D eigenvalue weighted by Gasteiger charge is 2.17. The van der Waals surface area contributed by atoms with Crippen molar-refractivity contribution < 1.29 is 14.3 Å². The molecule has 1 N–H and O–H groups in total. The summed E-state index contributed by atoms with van der Waals surface area (Å²) in [6.07, 6.45) is 3.22. The van der Waals surface area contributed by atoms with Crippen LogP contribution in [0.2, 0.25) is 0 Å². The Labute approximate surface area is 199 Å². The highest BCUT2D eigenvalue weighted by Crippen LogP contribution is 2.29. The molecule has 0 unspecified atom stereocenters. The van der Waals surface area contributed by atoms with Crippen LogP contribution in [0.5, 0.6) is 0 Å². The number of anilines is 1. The summed E-state index contributed by atoms with van der Waals surface area (Å²) in [5.74, 6) is 0.529. The van der Waals surface area contributed by atoms with Crippen molar-refractivity contribution in [3.8, 4) is 11.4 Å². The molecule has 3 heterocycles. The van der Waals surface area contributed by atoms with E-state index in [0.717, 1.165) is 42.4 Å². The maximum atomic E-state index is 12.4. The molecule has 0 atom stereocenters. The number of thioether (sulfide) groups is 1. The lowest BCUT2D eigenvalue weighted by atomic mass is 10.2. The number of thiazole rings is 1. The Hall–Kier alpha value is -2.24. The molecule has 0 bridgehead atoms. The van der Waals surface area contributed by atoms with E-state index in [0.29, 0.717) is 17.4 Å². The fourth-order valence-electron chi connectivity index (χ4n) is 3.00. The molecule has 11 heteroatoms. The minimum Gasteiger partial charge on any atom is -0.466 e. The number of carbonyl (C=O) groups is 2. The van der Waals surface area contributed by atoms with Gasteiger partial charge in [0, 0.05) is 27.7 Å². The summed E-state index contributed by atoms with van der Waals surface area (Å²) in [4.78, 5) is 29.6. The van der Waals surface area contributed by atoms with Gasteiger partial charge in [-0.25, -0.2) is 4.98 Å². The molecule has 0 aliphatic rings. The number of aryl methyl sites for hydroxylation is 1. The maximum absolute atomic E-state index is 12.4. The predicted octanol–water partition coefficient (Wildman–Crippen LogP) is 4.66. The van der Waals surface area contributed by atoms with Crippen LogP contribution in [0.1, 0.15) is 44.2 Å². The van der Waals surface area contributed by atoms with Crippen molar-refractivity contribution in [3.05, 3.63) is 27.4 Å². The third-order valence-electron chi connectivity index (χ3n) is 4.33. The molecular weight excluding hydrogens is 466 g/mol. The second-order valence-corrected chi connectivity index (χ2v) is 9.77. The number of hydrogen-bond acceptors (Lipinski definition) is 9. The topological polar surface area (TPSA) is 99.0 Å². The first-order valence-electron chi connectivity index (χ1n) is 10.6. The number of aromatic nitrogens is 4. The van der Waals surface area contributed by atoms with Crippen LogP contribution in [-0.2, 0) is 33.7 Å². The minimum atomic E-state index is -0.329. The lowest BCUT2D eigenvalue weighted by Crippen LogP contribution is -2.15. The molecule has 0 spiro atoms. The van der Waals surface area contributed by atoms with Crippen LogP contribution < -0.4 is 5.32 Å². The van der Waals surface area contributed by atoms with E-state index in [-0.39, 0.29) is 24.1 Å². The Bertz CT molecular complexity index is 1040. The van der Waals surface area contributed by atoms with Gasteiger partial charge >= 0.3 is 5.97 Å². The van der Waals surface area contributed by atoms with Crippen molar-refractivity contribution in [3.63, 3.8) is 0 Å². The summed E-state index contributed by atoms with van der Waals surface area (Å²) >= 11 is 4.39. The van der Waals surface area contributed by atoms with Crippen LogP contribution in [-0.4, -0.2) is 44.0 Å². The zero-order valence-corrected chi connectivity index (χ0v) is 20.9. The van der Waals surface area contributed by atoms with Gasteiger partial charge in [0.1, 0.15) is 0 Å². The van der Waals surface area contributed by atoms with Gasteiger partial charge in [0.2, 0.25) is 5.91 Å². The van der Waals surface area contributed by atoms with E-state index >= 15 is 0 Å². The van der Waals surface area contributed by atoms with Gasteiger partial charge in [-0.1, -0.05) is 32.0 Å². The zero-order valence-electron chi connectivity index (χ0n) is 18.4. The Balaban J connectivity index is 1.60. The average molecular weight is 494 g/mol. The number of rotatable bonds is 12. The zero-order chi connectivity index (χ0) is 22.9. The first kappa shape index (κ1) is 24.4. The fraction of sp³-hybridized carbons (Fsp3) is 0.476. The van der Waals surface area contributed by atoms with Gasteiger partial charge in [-0.2, -0.15) is 0 Å². The van der Waals surface area contributed by atoms with Crippen molar-refractivity contribution in [2.75, 3.05) is 17.7 Å². The van der Waals surface area contributed by atoms with Crippen molar-refractivity contribution in [2.45, 2.75) is 58.2 Å². The lowest BCUT2D eigenvalue weighted by Gasteiger charge is -2.08. The van der Waals surface area contributed by atoms with Crippen LogP contribution >= 0.6 is 34.4 Å². The van der Waals surface area contributed by atoms with Crippen LogP contribution in [0, 0.1) is 0 Å². The Morgan fingerprint density at radius 2 is 2.00 bits per heavy atom. The number of esters is 1. The van der Waals surface area contributed by atoms with Gasteiger partial charge in [0.25, 0.3) is 0 Å². The van der Waals surface area contributed by atoms with E-state index < -0.39 is 0 Å². The Morgan fingerprint density at radius 1 is 1.16 bits per heavy atom. The van der Waals surface area contributed by atoms with Crippen LogP contribution in [0.3, 0.4) is 0 Å². The standard InChI is InChI=1S/C21H27N5O3S3/c1-4-7-16-9-14(11-30-16)19-24-25-21(26(19)8-5-2)32-13-17(27)23-20-22-15(12-31-20)10-18(28)29-6-3/h9,11-12H,4-8,10,13H2,1-3H3,(H,22,23,27). The van der Waals surface area contributed by atoms with E-state index in [1.165, 1.54) is 28.0 Å². The lowest BCUT2D eigenvalue weighted by molar-refractivity contribution is -0.142. The van der Waals surface area contributed by atoms with Gasteiger partial charge in [0.05, 0.1) is 24.5 Å². The van der Waals surface area contributed by atoms with E-state index in [9.17, 15) is 9.59 Å². The molecule has 32 heavy (non-hydrogen) atoms. The Kier molecular flexibility index (Phi) is 9.24. The molecule has 0 fully saturated rings. The molecule has 0 aliphatic carbocycles. The molecule has 172 valence electrons. The molecule has 3 aromatic rings. The van der Waals surface area contributed by atoms with Crippen LogP contribution in [0.4, 0.5) is 5.13 Å². The predicted molar refractivity (Wildman–Crippen MR) is 129 cm³/mol. The molecular formula is C21H27N5O3S3. The number of thiophene rings is 1. The molecule has 3 rings (SSSR count). The van der Waals surface area contributed by atoms with E-state index in [1.54, 1.807) is 23.6 Å². The summed E-state index contributed by atoms with van der Waals surface area (Å²) < 4.78 is 7.00. The molecule has 8 nitrogen and oxygen atoms in total. The number of ether oxygens (including phenoxy) is 1. The second-order valence-electron chi connectivity index (χ2n) is 6.97. The third-order valence-corrected chi connectivity index (χ3v) is 7.10. The number of nitrogens with one attached hydrogen (secondary N) is 1. The van der Waals surface area contributed by atoms with Crippen LogP contribution in [0.15, 0.2) is 22.0 Å². The van der Waals surface area contributed by atoms with Crippen molar-refractivity contribution in [1.82, 2.24) is 19.7 Å². The number of nitrogens with zero attached hydrogens (tertiary/aromatic N) is 4. The van der Waals surface area contributed by atoms with Crippen molar-refractivity contribution in [2.24, 2.45) is 0 Å². The number of hydrogen-bond donors (Lipinski definition) is 1. The summed E-state index contributed by atoms with van der Waals surface area (Å²) in [5, 5.41) is 16.6. The van der Waals surface area contributed by atoms with E-state index in [2.05, 4.69) is 50.4 Å². The van der Waals surface area contributed by atoms with Gasteiger partial charge in [-0.3, -0.25) is 9.59 Å². The third kappa shape index (κ3) is 6.63. The van der Waals surface area contributed by atoms with Gasteiger partial charge < -0.3 is 14.6 Å². The number of carbonyl (C=O) groups excluding carboxylic acids is 2. The van der Waals surface area contributed by atoms with Gasteiger partial charge in [-0.05, 0) is 25.8 Å². The SMILES string of the molecule is CCCc1cc(-c2nnc(SCC(=O)Nc3nc(CC(=O)OCC)cs3)n2CCC)cs1. The summed E-state index contributed by atoms with van der Waals surface area (Å²) in [6, 6.07) is 2.18. The Morgan fingerprint density at radius 3 is 2.75 bits per heavy atom. The monoisotopic (exact) mass is 493 g/mol. The molecule has 3 aromatic heterocycles. The average Bonchev–Trinajstić information content (AvgIpc) is 3.48. The van der Waals surface area contributed by atoms with Gasteiger partial charge in [-0.15, -0.1) is 32.9 Å². The number of amides is 1. The molecule has 0 saturated heterocycles. The van der Waals surface area contributed by atoms with Crippen molar-refractivity contribution in [1.29, 1.82) is 0 Å². The maximum Gasteiger partial charge on any atom is 0.311 e. The van der Waals surface area contributed by atoms with Crippen molar-refractivity contribution >= 4 is 51.4 Å². The molecule has 0 aliphatic heterocycles. The van der Waals surface area contributed by atoms with Gasteiger partial charge in [0.15, 0.2) is 16.1 Å². The van der Waals surface area contributed by atoms with Crippen LogP contribution in [0.25, 0.3) is 11.4 Å². The van der Waals surface area contributed by atoms with E-state index in [4.69, 9.17) is 4.74 Å².